The number of aryl methyl sites for hydroxylation is 2. The zero-order valence-electron chi connectivity index (χ0n) is 12.4. The van der Waals surface area contributed by atoms with E-state index < -0.39 is 12.0 Å². The molecule has 6 nitrogen and oxygen atoms in total. The number of rotatable bonds is 8. The van der Waals surface area contributed by atoms with Crippen molar-refractivity contribution in [2.75, 3.05) is 18.5 Å². The number of carbonyl (C=O) groups excluding carboxylic acids is 2. The molecular formula is C15H22N2O4. The third-order valence-electron chi connectivity index (χ3n) is 3.19. The summed E-state index contributed by atoms with van der Waals surface area (Å²) in [4.78, 5) is 23.0. The van der Waals surface area contributed by atoms with E-state index >= 15 is 0 Å². The van der Waals surface area contributed by atoms with Gasteiger partial charge in [0.25, 0.3) is 0 Å². The Kier molecular flexibility index (Phi) is 6.84. The number of amides is 1. The summed E-state index contributed by atoms with van der Waals surface area (Å²) in [6.07, 6.45) is 0.309. The van der Waals surface area contributed by atoms with Crippen LogP contribution in [0.3, 0.4) is 0 Å². The van der Waals surface area contributed by atoms with Gasteiger partial charge in [0, 0.05) is 18.7 Å². The molecule has 0 spiro atoms. The average Bonchev–Trinajstić information content (AvgIpc) is 2.42. The fraction of sp³-hybridized carbons (Fsp3) is 0.467. The van der Waals surface area contributed by atoms with Crippen molar-refractivity contribution in [2.45, 2.75) is 32.7 Å². The van der Waals surface area contributed by atoms with Crippen LogP contribution in [-0.4, -0.2) is 36.2 Å². The first-order valence-corrected chi connectivity index (χ1v) is 6.96. The maximum atomic E-state index is 12.0. The smallest absolute Gasteiger partial charge is 0.230 e. The lowest BCUT2D eigenvalue weighted by atomic mass is 10.1. The Balaban J connectivity index is 2.61. The second-order valence-corrected chi connectivity index (χ2v) is 5.10. The van der Waals surface area contributed by atoms with Gasteiger partial charge in [-0.25, -0.2) is 0 Å². The Morgan fingerprint density at radius 1 is 1.38 bits per heavy atom. The van der Waals surface area contributed by atoms with E-state index in [2.05, 4.69) is 5.32 Å². The lowest BCUT2D eigenvalue weighted by molar-refractivity contribution is -0.682. The van der Waals surface area contributed by atoms with Crippen LogP contribution in [0.2, 0.25) is 0 Å². The molecule has 1 aromatic carbocycles. The lowest BCUT2D eigenvalue weighted by Gasteiger charge is -2.16. The highest BCUT2D eigenvalue weighted by molar-refractivity contribution is 5.94. The Labute approximate surface area is 124 Å². The van der Waals surface area contributed by atoms with Crippen molar-refractivity contribution in [3.05, 3.63) is 29.3 Å². The molecule has 0 saturated heterocycles. The first-order valence-electron chi connectivity index (χ1n) is 6.96. The highest BCUT2D eigenvalue weighted by Gasteiger charge is 2.18. The van der Waals surface area contributed by atoms with Crippen molar-refractivity contribution in [3.8, 4) is 0 Å². The molecule has 1 aromatic rings. The van der Waals surface area contributed by atoms with Gasteiger partial charge in [-0.15, -0.1) is 0 Å². The van der Waals surface area contributed by atoms with Crippen LogP contribution in [0.25, 0.3) is 0 Å². The van der Waals surface area contributed by atoms with E-state index in [9.17, 15) is 14.7 Å². The minimum absolute atomic E-state index is 0.00898. The number of carboxylic acid groups (broad SMARTS) is 1. The van der Waals surface area contributed by atoms with Gasteiger partial charge in [-0.05, 0) is 31.0 Å². The number of quaternary nitrogens is 1. The third kappa shape index (κ3) is 5.93. The van der Waals surface area contributed by atoms with E-state index in [1.165, 1.54) is 5.32 Å². The third-order valence-corrected chi connectivity index (χ3v) is 3.19. The van der Waals surface area contributed by atoms with E-state index in [4.69, 9.17) is 5.11 Å². The predicted octanol–water partition coefficient (Wildman–Crippen LogP) is -1.30. The highest BCUT2D eigenvalue weighted by Crippen LogP contribution is 2.16. The first-order chi connectivity index (χ1) is 9.93. The molecule has 0 aliphatic carbocycles. The molecule has 0 saturated carbocycles. The molecule has 1 atom stereocenters. The maximum absolute atomic E-state index is 12.0. The number of nitrogens with one attached hydrogen (secondary N) is 1. The zero-order valence-corrected chi connectivity index (χ0v) is 12.4. The van der Waals surface area contributed by atoms with Crippen molar-refractivity contribution in [2.24, 2.45) is 0 Å². The largest absolute Gasteiger partial charge is 0.544 e. The number of aliphatic hydroxyl groups is 1. The molecule has 0 aromatic heterocycles. The van der Waals surface area contributed by atoms with Crippen molar-refractivity contribution in [3.63, 3.8) is 0 Å². The summed E-state index contributed by atoms with van der Waals surface area (Å²) in [6, 6.07) is 4.74. The van der Waals surface area contributed by atoms with Crippen molar-refractivity contribution < 1.29 is 25.1 Å². The van der Waals surface area contributed by atoms with E-state index in [0.717, 1.165) is 11.1 Å². The number of nitrogens with two attached hydrogens (primary N) is 1. The SMILES string of the molecule is Cc1ccc(C)c(NC(=O)C[C@@H]([NH2+]CCCO)C(=O)[O-])c1. The average molecular weight is 294 g/mol. The van der Waals surface area contributed by atoms with Crippen LogP contribution in [-0.2, 0) is 9.59 Å². The van der Waals surface area contributed by atoms with Crippen molar-refractivity contribution in [1.29, 1.82) is 0 Å². The number of hydrogen-bond donors (Lipinski definition) is 3. The first kappa shape index (κ1) is 17.1. The molecule has 0 aliphatic rings. The molecule has 4 N–H and O–H groups in total. The number of aliphatic carboxylic acids is 1. The lowest BCUT2D eigenvalue weighted by Crippen LogP contribution is -2.93. The number of carbonyl (C=O) groups is 2. The summed E-state index contributed by atoms with van der Waals surface area (Å²) in [6.45, 7) is 4.22. The second-order valence-electron chi connectivity index (χ2n) is 5.10. The minimum Gasteiger partial charge on any atom is -0.544 e. The quantitative estimate of drug-likeness (QED) is 0.518. The van der Waals surface area contributed by atoms with E-state index in [-0.39, 0.29) is 18.9 Å². The van der Waals surface area contributed by atoms with Crippen LogP contribution in [0, 0.1) is 13.8 Å². The Morgan fingerprint density at radius 2 is 2.10 bits per heavy atom. The van der Waals surface area contributed by atoms with Crippen molar-refractivity contribution >= 4 is 17.6 Å². The Hall–Kier alpha value is -1.92. The van der Waals surface area contributed by atoms with Gasteiger partial charge in [0.1, 0.15) is 6.04 Å². The normalized spacial score (nSPS) is 12.0. The zero-order chi connectivity index (χ0) is 15.8. The van der Waals surface area contributed by atoms with Gasteiger partial charge in [0.05, 0.1) is 18.9 Å². The molecule has 1 amide bonds. The molecule has 0 aliphatic heterocycles. The number of benzene rings is 1. The molecule has 1 rings (SSSR count). The van der Waals surface area contributed by atoms with Gasteiger partial charge in [0.15, 0.2) is 0 Å². The molecule has 21 heavy (non-hydrogen) atoms. The van der Waals surface area contributed by atoms with Gasteiger partial charge in [-0.1, -0.05) is 12.1 Å². The maximum Gasteiger partial charge on any atom is 0.230 e. The molecule has 0 heterocycles. The van der Waals surface area contributed by atoms with E-state index in [1.54, 1.807) is 0 Å². The Bertz CT molecular complexity index is 502. The molecule has 6 heteroatoms. The monoisotopic (exact) mass is 294 g/mol. The van der Waals surface area contributed by atoms with E-state index in [1.807, 2.05) is 32.0 Å². The highest BCUT2D eigenvalue weighted by atomic mass is 16.4. The van der Waals surface area contributed by atoms with Gasteiger partial charge in [0.2, 0.25) is 5.91 Å². The van der Waals surface area contributed by atoms with E-state index in [0.29, 0.717) is 18.7 Å². The van der Waals surface area contributed by atoms with Crippen LogP contribution >= 0.6 is 0 Å². The summed E-state index contributed by atoms with van der Waals surface area (Å²) in [5, 5.41) is 23.9. The number of carboxylic acids is 1. The summed E-state index contributed by atoms with van der Waals surface area (Å²) in [7, 11) is 0. The van der Waals surface area contributed by atoms with Crippen LogP contribution in [0.4, 0.5) is 5.69 Å². The Morgan fingerprint density at radius 3 is 2.71 bits per heavy atom. The number of hydrogen-bond acceptors (Lipinski definition) is 4. The predicted molar refractivity (Wildman–Crippen MR) is 76.5 cm³/mol. The van der Waals surface area contributed by atoms with Crippen molar-refractivity contribution in [1.82, 2.24) is 0 Å². The van der Waals surface area contributed by atoms with Gasteiger partial charge < -0.3 is 25.6 Å². The molecular weight excluding hydrogens is 272 g/mol. The fourth-order valence-electron chi connectivity index (χ4n) is 1.94. The summed E-state index contributed by atoms with van der Waals surface area (Å²) in [5.41, 5.74) is 2.62. The molecule has 0 unspecified atom stereocenters. The standard InChI is InChI=1S/C15H22N2O4/c1-10-4-5-11(2)12(8-10)17-14(19)9-13(15(20)21)16-6-3-7-18/h4-5,8,13,16,18H,3,6-7,9H2,1-2H3,(H,17,19)(H,20,21)/t13-/m1/s1. The van der Waals surface area contributed by atoms with Crippen LogP contribution in [0.5, 0.6) is 0 Å². The molecule has 0 bridgehead atoms. The fourth-order valence-corrected chi connectivity index (χ4v) is 1.94. The van der Waals surface area contributed by atoms with Crippen LogP contribution in [0.1, 0.15) is 24.0 Å². The number of anilines is 1. The summed E-state index contributed by atoms with van der Waals surface area (Å²) in [5.74, 6) is -1.64. The van der Waals surface area contributed by atoms with Gasteiger partial charge >= 0.3 is 0 Å². The molecule has 0 radical (unpaired) electrons. The van der Waals surface area contributed by atoms with Gasteiger partial charge in [-0.3, -0.25) is 4.79 Å². The second kappa shape index (κ2) is 8.39. The summed E-state index contributed by atoms with van der Waals surface area (Å²) >= 11 is 0. The van der Waals surface area contributed by atoms with Crippen LogP contribution < -0.4 is 15.7 Å². The topological polar surface area (TPSA) is 106 Å². The molecule has 116 valence electrons. The van der Waals surface area contributed by atoms with Crippen LogP contribution in [0.15, 0.2) is 18.2 Å². The van der Waals surface area contributed by atoms with Gasteiger partial charge in [-0.2, -0.15) is 0 Å². The summed E-state index contributed by atoms with van der Waals surface area (Å²) < 4.78 is 0. The minimum atomic E-state index is -1.27. The molecule has 0 fully saturated rings. The number of aliphatic hydroxyl groups excluding tert-OH is 1.